The van der Waals surface area contributed by atoms with E-state index in [4.69, 9.17) is 47.1 Å². The Morgan fingerprint density at radius 2 is 1.85 bits per heavy atom. The highest BCUT2D eigenvalue weighted by Crippen LogP contribution is 2.39. The molecule has 1 amide bonds. The number of oxime groups is 2. The molecule has 2 aliphatic heterocycles. The van der Waals surface area contributed by atoms with E-state index < -0.39 is 36.4 Å². The number of hydrogen-bond donors (Lipinski definition) is 0. The fourth-order valence-corrected chi connectivity index (χ4v) is 4.75. The molecule has 2 atom stereocenters. The Morgan fingerprint density at radius 3 is 2.50 bits per heavy atom. The fraction of sp³-hybridized carbons (Fsp3) is 0.407. The quantitative estimate of drug-likeness (QED) is 0.204. The van der Waals surface area contributed by atoms with Crippen LogP contribution >= 0.6 is 23.2 Å². The molecule has 0 saturated carbocycles. The van der Waals surface area contributed by atoms with Crippen LogP contribution in [0.15, 0.2) is 40.6 Å². The van der Waals surface area contributed by atoms with E-state index in [-0.39, 0.29) is 23.1 Å². The summed E-state index contributed by atoms with van der Waals surface area (Å²) in [7, 11) is 0. The van der Waals surface area contributed by atoms with Crippen molar-refractivity contribution in [2.24, 2.45) is 10.3 Å². The standard InChI is InChI=1S/C27H28Cl2FN3O7/c1-5-36-22-12-23(39-32-22)33(14-38-26(35)37-6-2)25(34)18-8-7-16(9-15(18)3)21-13-27(4,40-31-21)17-10-19(28)24(30)20(29)11-17/h7-11,23H,5-6,12-14H2,1-4H3/t23?,27-/m0/s1. The summed E-state index contributed by atoms with van der Waals surface area (Å²) in [6.45, 7) is 7.11. The lowest BCUT2D eigenvalue weighted by molar-refractivity contribution is -0.0668. The van der Waals surface area contributed by atoms with Crippen LogP contribution in [-0.4, -0.2) is 54.7 Å². The summed E-state index contributed by atoms with van der Waals surface area (Å²) < 4.78 is 29.3. The zero-order valence-electron chi connectivity index (χ0n) is 22.3. The predicted molar refractivity (Wildman–Crippen MR) is 145 cm³/mol. The van der Waals surface area contributed by atoms with Crippen molar-refractivity contribution in [1.82, 2.24) is 4.90 Å². The Labute approximate surface area is 240 Å². The van der Waals surface area contributed by atoms with Gasteiger partial charge in [0.1, 0.15) is 0 Å². The molecule has 0 N–H and O–H groups in total. The molecule has 4 rings (SSSR count). The number of ether oxygens (including phenoxy) is 3. The van der Waals surface area contributed by atoms with Crippen LogP contribution in [0.3, 0.4) is 0 Å². The van der Waals surface area contributed by atoms with Gasteiger partial charge in [-0.1, -0.05) is 34.4 Å². The van der Waals surface area contributed by atoms with Gasteiger partial charge in [0.2, 0.25) is 12.1 Å². The number of amides is 1. The number of hydrogen-bond acceptors (Lipinski definition) is 9. The zero-order chi connectivity index (χ0) is 29.0. The Balaban J connectivity index is 1.52. The number of carbonyl (C=O) groups excluding carboxylic acids is 2. The normalized spacial score (nSPS) is 19.7. The van der Waals surface area contributed by atoms with E-state index >= 15 is 0 Å². The van der Waals surface area contributed by atoms with Crippen molar-refractivity contribution >= 4 is 46.9 Å². The van der Waals surface area contributed by atoms with Gasteiger partial charge in [0.25, 0.3) is 5.91 Å². The summed E-state index contributed by atoms with van der Waals surface area (Å²) in [6, 6.07) is 8.11. The van der Waals surface area contributed by atoms with Gasteiger partial charge < -0.3 is 23.9 Å². The molecule has 0 fully saturated rings. The number of nitrogens with zero attached hydrogens (tertiary/aromatic N) is 3. The zero-order valence-corrected chi connectivity index (χ0v) is 23.8. The van der Waals surface area contributed by atoms with Crippen molar-refractivity contribution in [3.05, 3.63) is 68.4 Å². The van der Waals surface area contributed by atoms with Gasteiger partial charge in [0.05, 0.1) is 35.4 Å². The molecule has 0 saturated heterocycles. The average Bonchev–Trinajstić information content (AvgIpc) is 3.55. The van der Waals surface area contributed by atoms with E-state index in [0.29, 0.717) is 41.3 Å². The lowest BCUT2D eigenvalue weighted by Gasteiger charge is -2.26. The minimum Gasteiger partial charge on any atom is -0.479 e. The summed E-state index contributed by atoms with van der Waals surface area (Å²) in [5, 5.41) is 7.90. The van der Waals surface area contributed by atoms with Gasteiger partial charge in [0.15, 0.2) is 18.1 Å². The average molecular weight is 596 g/mol. The minimum atomic E-state index is -0.919. The van der Waals surface area contributed by atoms with E-state index in [1.165, 1.54) is 17.0 Å². The van der Waals surface area contributed by atoms with Crippen molar-refractivity contribution in [1.29, 1.82) is 0 Å². The summed E-state index contributed by atoms with van der Waals surface area (Å²) in [5.74, 6) is -0.813. The van der Waals surface area contributed by atoms with Gasteiger partial charge in [-0.05, 0) is 68.2 Å². The molecule has 214 valence electrons. The molecule has 0 bridgehead atoms. The first-order valence-electron chi connectivity index (χ1n) is 12.5. The second-order valence-electron chi connectivity index (χ2n) is 9.23. The van der Waals surface area contributed by atoms with Crippen LogP contribution in [-0.2, 0) is 29.5 Å². The van der Waals surface area contributed by atoms with Crippen LogP contribution in [0.2, 0.25) is 10.0 Å². The first-order valence-corrected chi connectivity index (χ1v) is 13.3. The topological polar surface area (TPSA) is 108 Å². The maximum absolute atomic E-state index is 13.9. The lowest BCUT2D eigenvalue weighted by atomic mass is 9.88. The highest BCUT2D eigenvalue weighted by atomic mass is 35.5. The van der Waals surface area contributed by atoms with Crippen molar-refractivity contribution in [2.75, 3.05) is 19.9 Å². The van der Waals surface area contributed by atoms with E-state index in [2.05, 4.69) is 10.3 Å². The van der Waals surface area contributed by atoms with E-state index in [9.17, 15) is 14.0 Å². The van der Waals surface area contributed by atoms with Gasteiger partial charge in [-0.2, -0.15) is 0 Å². The smallest absolute Gasteiger partial charge is 0.479 e. The second kappa shape index (κ2) is 12.3. The molecule has 2 aromatic rings. The minimum absolute atomic E-state index is 0.110. The van der Waals surface area contributed by atoms with E-state index in [1.807, 2.05) is 0 Å². The molecule has 13 heteroatoms. The van der Waals surface area contributed by atoms with Gasteiger partial charge in [-0.25, -0.2) is 9.18 Å². The maximum atomic E-state index is 13.9. The molecular weight excluding hydrogens is 568 g/mol. The Bertz CT molecular complexity index is 1350. The first kappa shape index (κ1) is 29.4. The summed E-state index contributed by atoms with van der Waals surface area (Å²) >= 11 is 12.0. The Hall–Kier alpha value is -3.57. The fourth-order valence-electron chi connectivity index (χ4n) is 4.26. The van der Waals surface area contributed by atoms with Crippen LogP contribution in [0.4, 0.5) is 9.18 Å². The van der Waals surface area contributed by atoms with Crippen LogP contribution in [0.5, 0.6) is 0 Å². The van der Waals surface area contributed by atoms with Gasteiger partial charge in [-0.15, -0.1) is 0 Å². The van der Waals surface area contributed by atoms with Gasteiger partial charge >= 0.3 is 6.16 Å². The van der Waals surface area contributed by atoms with Crippen LogP contribution in [0.25, 0.3) is 0 Å². The first-order chi connectivity index (χ1) is 19.1. The van der Waals surface area contributed by atoms with E-state index in [1.54, 1.807) is 45.9 Å². The van der Waals surface area contributed by atoms with Crippen molar-refractivity contribution < 1.29 is 37.9 Å². The monoisotopic (exact) mass is 595 g/mol. The van der Waals surface area contributed by atoms with Crippen LogP contribution in [0, 0.1) is 12.7 Å². The largest absolute Gasteiger partial charge is 0.510 e. The molecule has 1 unspecified atom stereocenters. The van der Waals surface area contributed by atoms with E-state index in [0.717, 1.165) is 5.56 Å². The number of aryl methyl sites for hydroxylation is 1. The molecule has 0 aromatic heterocycles. The lowest BCUT2D eigenvalue weighted by Crippen LogP contribution is -2.43. The molecule has 2 aliphatic rings. The summed E-state index contributed by atoms with van der Waals surface area (Å²) in [5.41, 5.74) is 2.00. The molecule has 2 heterocycles. The third-order valence-electron chi connectivity index (χ3n) is 6.38. The third-order valence-corrected chi connectivity index (χ3v) is 6.93. The number of benzene rings is 2. The SMILES string of the molecule is CCOC(=O)OCN(C(=O)c1ccc(C2=NO[C@](C)(c3cc(Cl)c(F)c(Cl)c3)C2)cc1C)C1CC(OCC)=NO1. The second-order valence-corrected chi connectivity index (χ2v) is 10.0. The molecule has 10 nitrogen and oxygen atoms in total. The van der Waals surface area contributed by atoms with Gasteiger partial charge in [0, 0.05) is 17.5 Å². The van der Waals surface area contributed by atoms with Crippen molar-refractivity contribution in [3.63, 3.8) is 0 Å². The summed E-state index contributed by atoms with van der Waals surface area (Å²) in [4.78, 5) is 37.8. The molecule has 2 aromatic carbocycles. The number of rotatable bonds is 8. The Morgan fingerprint density at radius 1 is 1.12 bits per heavy atom. The Kier molecular flexibility index (Phi) is 9.05. The molecule has 0 spiro atoms. The summed E-state index contributed by atoms with van der Waals surface area (Å²) in [6.07, 6.45) is -1.22. The van der Waals surface area contributed by atoms with Crippen LogP contribution < -0.4 is 0 Å². The highest BCUT2D eigenvalue weighted by molar-refractivity contribution is 6.35. The molecule has 0 aliphatic carbocycles. The van der Waals surface area contributed by atoms with Gasteiger partial charge in [-0.3, -0.25) is 9.69 Å². The molecule has 0 radical (unpaired) electrons. The highest BCUT2D eigenvalue weighted by Gasteiger charge is 2.38. The maximum Gasteiger partial charge on any atom is 0.510 e. The molecular formula is C27H28Cl2FN3O7. The predicted octanol–water partition coefficient (Wildman–Crippen LogP) is 6.15. The number of carbonyl (C=O) groups is 2. The van der Waals surface area contributed by atoms with Crippen molar-refractivity contribution in [2.45, 2.75) is 52.4 Å². The molecule has 40 heavy (non-hydrogen) atoms. The number of halogens is 3. The van der Waals surface area contributed by atoms with Crippen LogP contribution in [0.1, 0.15) is 60.7 Å². The third kappa shape index (κ3) is 6.26. The van der Waals surface area contributed by atoms with Crippen molar-refractivity contribution in [3.8, 4) is 0 Å².